The summed E-state index contributed by atoms with van der Waals surface area (Å²) in [5, 5.41) is 3.52. The highest BCUT2D eigenvalue weighted by molar-refractivity contribution is 7.92. The van der Waals surface area contributed by atoms with Crippen LogP contribution in [0.5, 0.6) is 0 Å². The Bertz CT molecular complexity index is 1050. The van der Waals surface area contributed by atoms with Gasteiger partial charge in [-0.25, -0.2) is 8.42 Å². The molecule has 0 aromatic heterocycles. The summed E-state index contributed by atoms with van der Waals surface area (Å²) in [6, 6.07) is 11.9. The number of hydrogen-bond acceptors (Lipinski definition) is 3. The summed E-state index contributed by atoms with van der Waals surface area (Å²) < 4.78 is 28.2. The molecule has 3 atom stereocenters. The molecule has 160 valence electrons. The molecule has 1 N–H and O–H groups in total. The summed E-state index contributed by atoms with van der Waals surface area (Å²) in [5.41, 5.74) is 2.13. The number of halogens is 1. The Kier molecular flexibility index (Phi) is 5.82. The number of hydrogen-bond donors (Lipinski definition) is 1. The van der Waals surface area contributed by atoms with Crippen molar-refractivity contribution in [2.45, 2.75) is 50.5 Å². The highest BCUT2D eigenvalue weighted by atomic mass is 35.5. The zero-order valence-electron chi connectivity index (χ0n) is 17.3. The minimum Gasteiger partial charge on any atom is -0.352 e. The molecule has 2 bridgehead atoms. The predicted octanol–water partition coefficient (Wildman–Crippen LogP) is 4.46. The lowest BCUT2D eigenvalue weighted by molar-refractivity contribution is -0.120. The first-order valence-corrected chi connectivity index (χ1v) is 12.2. The summed E-state index contributed by atoms with van der Waals surface area (Å²) in [7, 11) is -3.94. The molecule has 30 heavy (non-hydrogen) atoms. The number of fused-ring (bicyclic) bond motifs is 2. The molecule has 4 rings (SSSR count). The molecule has 1 amide bonds. The molecule has 2 aromatic carbocycles. The molecular formula is C23H27ClN2O3S. The Labute approximate surface area is 183 Å². The minimum atomic E-state index is -3.94. The van der Waals surface area contributed by atoms with Gasteiger partial charge in [0.1, 0.15) is 6.54 Å². The standard InChI is InChI=1S/C23H27ClN2O3S/c1-15-3-9-20(10-4-15)30(28,29)26(22-13-19(24)8-5-16(22)2)14-23(27)25-21-12-17-6-7-18(21)11-17/h3-5,8-10,13,17-18,21H,6-7,11-12,14H2,1-2H3,(H,25,27)/t17-,18-,21-/m1/s1. The van der Waals surface area contributed by atoms with Crippen LogP contribution in [0.2, 0.25) is 5.02 Å². The second-order valence-corrected chi connectivity index (χ2v) is 10.9. The average molecular weight is 447 g/mol. The number of sulfonamides is 1. The molecule has 2 aliphatic rings. The summed E-state index contributed by atoms with van der Waals surface area (Å²) in [4.78, 5) is 13.1. The first kappa shape index (κ1) is 21.2. The summed E-state index contributed by atoms with van der Waals surface area (Å²) >= 11 is 6.17. The molecule has 0 unspecified atom stereocenters. The van der Waals surface area contributed by atoms with Crippen LogP contribution in [0.25, 0.3) is 0 Å². The third kappa shape index (κ3) is 4.21. The van der Waals surface area contributed by atoms with E-state index in [4.69, 9.17) is 11.6 Å². The molecule has 2 saturated carbocycles. The van der Waals surface area contributed by atoms with Gasteiger partial charge in [0.05, 0.1) is 10.6 Å². The number of benzene rings is 2. The highest BCUT2D eigenvalue weighted by Crippen LogP contribution is 2.44. The Morgan fingerprint density at radius 3 is 2.47 bits per heavy atom. The van der Waals surface area contributed by atoms with Gasteiger partial charge in [-0.2, -0.15) is 0 Å². The number of amides is 1. The topological polar surface area (TPSA) is 66.5 Å². The molecule has 2 fully saturated rings. The first-order chi connectivity index (χ1) is 14.2. The fourth-order valence-corrected chi connectivity index (χ4v) is 6.44. The predicted molar refractivity (Wildman–Crippen MR) is 119 cm³/mol. The molecule has 0 radical (unpaired) electrons. The van der Waals surface area contributed by atoms with Crippen LogP contribution >= 0.6 is 11.6 Å². The van der Waals surface area contributed by atoms with Crippen molar-refractivity contribution in [3.63, 3.8) is 0 Å². The third-order valence-electron chi connectivity index (χ3n) is 6.42. The monoisotopic (exact) mass is 446 g/mol. The van der Waals surface area contributed by atoms with E-state index in [-0.39, 0.29) is 23.4 Å². The van der Waals surface area contributed by atoms with Gasteiger partial charge in [-0.05, 0) is 74.8 Å². The number of nitrogens with one attached hydrogen (secondary N) is 1. The molecule has 7 heteroatoms. The lowest BCUT2D eigenvalue weighted by Gasteiger charge is -2.28. The van der Waals surface area contributed by atoms with Crippen molar-refractivity contribution in [1.82, 2.24) is 5.32 Å². The van der Waals surface area contributed by atoms with Crippen molar-refractivity contribution in [3.8, 4) is 0 Å². The maximum Gasteiger partial charge on any atom is 0.264 e. The third-order valence-corrected chi connectivity index (χ3v) is 8.43. The van der Waals surface area contributed by atoms with Crippen LogP contribution in [-0.2, 0) is 14.8 Å². The number of nitrogens with zero attached hydrogens (tertiary/aromatic N) is 1. The van der Waals surface area contributed by atoms with E-state index in [1.165, 1.54) is 17.1 Å². The van der Waals surface area contributed by atoms with Gasteiger partial charge in [0.15, 0.2) is 0 Å². The molecule has 0 saturated heterocycles. The quantitative estimate of drug-likeness (QED) is 0.712. The van der Waals surface area contributed by atoms with E-state index in [1.807, 2.05) is 13.8 Å². The molecule has 5 nitrogen and oxygen atoms in total. The van der Waals surface area contributed by atoms with Gasteiger partial charge < -0.3 is 5.32 Å². The fourth-order valence-electron chi connectivity index (χ4n) is 4.79. The molecule has 0 heterocycles. The van der Waals surface area contributed by atoms with Gasteiger partial charge in [0.25, 0.3) is 10.0 Å². The lowest BCUT2D eigenvalue weighted by Crippen LogP contribution is -2.46. The van der Waals surface area contributed by atoms with E-state index >= 15 is 0 Å². The average Bonchev–Trinajstić information content (AvgIpc) is 3.31. The highest BCUT2D eigenvalue weighted by Gasteiger charge is 2.40. The van der Waals surface area contributed by atoms with Crippen LogP contribution in [0.15, 0.2) is 47.4 Å². The van der Waals surface area contributed by atoms with Gasteiger partial charge >= 0.3 is 0 Å². The zero-order chi connectivity index (χ0) is 21.5. The van der Waals surface area contributed by atoms with Gasteiger partial charge in [-0.1, -0.05) is 41.8 Å². The van der Waals surface area contributed by atoms with E-state index in [2.05, 4.69) is 5.32 Å². The summed E-state index contributed by atoms with van der Waals surface area (Å²) in [5.74, 6) is 0.944. The van der Waals surface area contributed by atoms with E-state index in [9.17, 15) is 13.2 Å². The summed E-state index contributed by atoms with van der Waals surface area (Å²) in [6.45, 7) is 3.44. The number of carbonyl (C=O) groups is 1. The maximum atomic E-state index is 13.5. The minimum absolute atomic E-state index is 0.153. The van der Waals surface area contributed by atoms with Crippen molar-refractivity contribution in [2.75, 3.05) is 10.8 Å². The van der Waals surface area contributed by atoms with Gasteiger partial charge in [0, 0.05) is 11.1 Å². The molecule has 2 aromatic rings. The van der Waals surface area contributed by atoms with Crippen LogP contribution in [0.1, 0.15) is 36.8 Å². The normalized spacial score (nSPS) is 22.8. The van der Waals surface area contributed by atoms with E-state index in [0.717, 1.165) is 24.0 Å². The van der Waals surface area contributed by atoms with Crippen molar-refractivity contribution in [3.05, 3.63) is 58.6 Å². The maximum absolute atomic E-state index is 13.5. The number of rotatable bonds is 6. The lowest BCUT2D eigenvalue weighted by atomic mass is 9.95. The van der Waals surface area contributed by atoms with Crippen molar-refractivity contribution in [1.29, 1.82) is 0 Å². The smallest absolute Gasteiger partial charge is 0.264 e. The Morgan fingerprint density at radius 2 is 1.83 bits per heavy atom. The van der Waals surface area contributed by atoms with Crippen molar-refractivity contribution < 1.29 is 13.2 Å². The number of carbonyl (C=O) groups excluding carboxylic acids is 1. The largest absolute Gasteiger partial charge is 0.352 e. The number of aryl methyl sites for hydroxylation is 2. The van der Waals surface area contributed by atoms with Gasteiger partial charge in [-0.3, -0.25) is 9.10 Å². The van der Waals surface area contributed by atoms with Crippen molar-refractivity contribution in [2.24, 2.45) is 11.8 Å². The summed E-state index contributed by atoms with van der Waals surface area (Å²) in [6.07, 6.45) is 4.56. The second kappa shape index (κ2) is 8.23. The molecular weight excluding hydrogens is 420 g/mol. The zero-order valence-corrected chi connectivity index (χ0v) is 18.8. The Hall–Kier alpha value is -2.05. The van der Waals surface area contributed by atoms with E-state index < -0.39 is 10.0 Å². The van der Waals surface area contributed by atoms with Crippen LogP contribution < -0.4 is 9.62 Å². The van der Waals surface area contributed by atoms with Crippen molar-refractivity contribution >= 4 is 33.2 Å². The SMILES string of the molecule is Cc1ccc(S(=O)(=O)N(CC(=O)N[C@@H]2C[C@@H]3CC[C@@H]2C3)c2cc(Cl)ccc2C)cc1. The van der Waals surface area contributed by atoms with Gasteiger partial charge in [-0.15, -0.1) is 0 Å². The Morgan fingerprint density at radius 1 is 1.10 bits per heavy atom. The van der Waals surface area contributed by atoms with Crippen LogP contribution in [0.4, 0.5) is 5.69 Å². The van der Waals surface area contributed by atoms with E-state index in [1.54, 1.807) is 42.5 Å². The van der Waals surface area contributed by atoms with Crippen LogP contribution in [-0.4, -0.2) is 26.9 Å². The molecule has 0 spiro atoms. The number of anilines is 1. The van der Waals surface area contributed by atoms with Gasteiger partial charge in [0.2, 0.25) is 5.91 Å². The van der Waals surface area contributed by atoms with Crippen LogP contribution in [0, 0.1) is 25.7 Å². The first-order valence-electron chi connectivity index (χ1n) is 10.4. The second-order valence-electron chi connectivity index (χ2n) is 8.60. The molecule has 0 aliphatic heterocycles. The Balaban J connectivity index is 1.64. The fraction of sp³-hybridized carbons (Fsp3) is 0.435. The molecule has 2 aliphatic carbocycles. The van der Waals surface area contributed by atoms with Crippen LogP contribution in [0.3, 0.4) is 0 Å². The van der Waals surface area contributed by atoms with E-state index in [0.29, 0.717) is 22.5 Å².